The summed E-state index contributed by atoms with van der Waals surface area (Å²) in [7, 11) is 0. The first-order chi connectivity index (χ1) is 8.83. The zero-order chi connectivity index (χ0) is 12.4. The van der Waals surface area contributed by atoms with E-state index in [4.69, 9.17) is 0 Å². The van der Waals surface area contributed by atoms with Crippen LogP contribution in [0.25, 0.3) is 0 Å². The molecular weight excluding hydrogens is 244 g/mol. The van der Waals surface area contributed by atoms with Crippen LogP contribution < -0.4 is 0 Å². The van der Waals surface area contributed by atoms with Gasteiger partial charge in [0.2, 0.25) is 0 Å². The molecule has 0 spiro atoms. The molecule has 0 atom stereocenters. The van der Waals surface area contributed by atoms with E-state index in [0.717, 1.165) is 22.8 Å². The van der Waals surface area contributed by atoms with Gasteiger partial charge >= 0.3 is 0 Å². The monoisotopic (exact) mass is 258 g/mol. The van der Waals surface area contributed by atoms with Gasteiger partial charge in [-0.1, -0.05) is 17.8 Å². The molecule has 3 rings (SSSR count). The predicted octanol–water partition coefficient (Wildman–Crippen LogP) is 3.21. The normalized spacial score (nSPS) is 14.2. The Morgan fingerprint density at radius 2 is 2.00 bits per heavy atom. The van der Waals surface area contributed by atoms with E-state index >= 15 is 0 Å². The summed E-state index contributed by atoms with van der Waals surface area (Å²) in [6.07, 6.45) is 6.21. The number of hydrogen-bond acceptors (Lipinski definition) is 4. The van der Waals surface area contributed by atoms with Crippen molar-refractivity contribution in [1.82, 2.24) is 9.97 Å². The predicted molar refractivity (Wildman–Crippen MR) is 70.9 cm³/mol. The van der Waals surface area contributed by atoms with Crippen molar-refractivity contribution in [2.75, 3.05) is 0 Å². The second-order valence-corrected chi connectivity index (χ2v) is 5.47. The van der Waals surface area contributed by atoms with E-state index in [-0.39, 0.29) is 0 Å². The van der Waals surface area contributed by atoms with Gasteiger partial charge in [0.25, 0.3) is 0 Å². The van der Waals surface area contributed by atoms with Gasteiger partial charge in [-0.3, -0.25) is 0 Å². The van der Waals surface area contributed by atoms with Crippen LogP contribution in [0.3, 0.4) is 0 Å². The molecule has 0 radical (unpaired) electrons. The van der Waals surface area contributed by atoms with E-state index in [1.54, 1.807) is 30.2 Å². The van der Waals surface area contributed by atoms with E-state index in [0.29, 0.717) is 5.75 Å². The zero-order valence-electron chi connectivity index (χ0n) is 9.97. The van der Waals surface area contributed by atoms with Gasteiger partial charge in [0.05, 0.1) is 0 Å². The second kappa shape index (κ2) is 4.98. The number of rotatable bonds is 2. The third kappa shape index (κ3) is 2.34. The van der Waals surface area contributed by atoms with Crippen molar-refractivity contribution in [1.29, 1.82) is 0 Å². The largest absolute Gasteiger partial charge is 0.508 e. The van der Waals surface area contributed by atoms with Crippen LogP contribution in [0.15, 0.2) is 40.5 Å². The van der Waals surface area contributed by atoms with Gasteiger partial charge in [-0.25, -0.2) is 9.97 Å². The summed E-state index contributed by atoms with van der Waals surface area (Å²) in [6, 6.07) is 7.29. The first kappa shape index (κ1) is 11.5. The maximum atomic E-state index is 9.48. The lowest BCUT2D eigenvalue weighted by Crippen LogP contribution is -2.07. The van der Waals surface area contributed by atoms with Crippen molar-refractivity contribution in [3.63, 3.8) is 0 Å². The molecule has 1 aliphatic rings. The Labute approximate surface area is 110 Å². The molecule has 1 aromatic carbocycles. The van der Waals surface area contributed by atoms with E-state index in [1.165, 1.54) is 24.1 Å². The SMILES string of the molecule is Oc1cccc(Sc2ncnc3c2CCCC3)c1. The topological polar surface area (TPSA) is 46.0 Å². The lowest BCUT2D eigenvalue weighted by Gasteiger charge is -2.16. The van der Waals surface area contributed by atoms with Crippen LogP contribution >= 0.6 is 11.8 Å². The number of aromatic nitrogens is 2. The number of benzene rings is 1. The van der Waals surface area contributed by atoms with Gasteiger partial charge in [-0.15, -0.1) is 0 Å². The highest BCUT2D eigenvalue weighted by Gasteiger charge is 2.16. The summed E-state index contributed by atoms with van der Waals surface area (Å²) < 4.78 is 0. The Hall–Kier alpha value is -1.55. The van der Waals surface area contributed by atoms with E-state index < -0.39 is 0 Å². The van der Waals surface area contributed by atoms with Crippen LogP contribution in [-0.4, -0.2) is 15.1 Å². The number of aromatic hydroxyl groups is 1. The number of phenols is 1. The Morgan fingerprint density at radius 1 is 1.11 bits per heavy atom. The third-order valence-corrected chi connectivity index (χ3v) is 4.15. The van der Waals surface area contributed by atoms with Crippen molar-refractivity contribution < 1.29 is 5.11 Å². The molecular formula is C14H14N2OS. The average molecular weight is 258 g/mol. The first-order valence-corrected chi connectivity index (χ1v) is 6.94. The van der Waals surface area contributed by atoms with Crippen LogP contribution in [0.1, 0.15) is 24.1 Å². The van der Waals surface area contributed by atoms with Crippen LogP contribution in [0.5, 0.6) is 5.75 Å². The van der Waals surface area contributed by atoms with Crippen LogP contribution in [0.2, 0.25) is 0 Å². The number of nitrogens with zero attached hydrogens (tertiary/aromatic N) is 2. The molecule has 0 saturated heterocycles. The zero-order valence-corrected chi connectivity index (χ0v) is 10.8. The minimum absolute atomic E-state index is 0.294. The summed E-state index contributed by atoms with van der Waals surface area (Å²) in [6.45, 7) is 0. The molecule has 0 saturated carbocycles. The van der Waals surface area contributed by atoms with E-state index in [2.05, 4.69) is 9.97 Å². The van der Waals surface area contributed by atoms with Crippen LogP contribution in [-0.2, 0) is 12.8 Å². The summed E-state index contributed by atoms with van der Waals surface area (Å²) in [5.41, 5.74) is 2.48. The fourth-order valence-corrected chi connectivity index (χ4v) is 3.23. The van der Waals surface area contributed by atoms with Crippen molar-refractivity contribution in [2.45, 2.75) is 35.6 Å². The highest BCUT2D eigenvalue weighted by Crippen LogP contribution is 2.33. The maximum Gasteiger partial charge on any atom is 0.117 e. The van der Waals surface area contributed by atoms with Gasteiger partial charge in [-0.05, 0) is 43.9 Å². The summed E-state index contributed by atoms with van der Waals surface area (Å²) in [5.74, 6) is 0.294. The quantitative estimate of drug-likeness (QED) is 0.840. The molecule has 92 valence electrons. The third-order valence-electron chi connectivity index (χ3n) is 3.12. The van der Waals surface area contributed by atoms with Crippen molar-refractivity contribution >= 4 is 11.8 Å². The molecule has 4 heteroatoms. The molecule has 1 N–H and O–H groups in total. The van der Waals surface area contributed by atoms with Crippen molar-refractivity contribution in [2.24, 2.45) is 0 Å². The second-order valence-electron chi connectivity index (χ2n) is 4.41. The minimum atomic E-state index is 0.294. The van der Waals surface area contributed by atoms with Gasteiger partial charge in [-0.2, -0.15) is 0 Å². The highest BCUT2D eigenvalue weighted by molar-refractivity contribution is 7.99. The van der Waals surface area contributed by atoms with Crippen LogP contribution in [0.4, 0.5) is 0 Å². The Morgan fingerprint density at radius 3 is 2.89 bits per heavy atom. The van der Waals surface area contributed by atoms with Gasteiger partial charge in [0, 0.05) is 16.2 Å². The number of phenolic OH excluding ortho intramolecular Hbond substituents is 1. The molecule has 0 aliphatic heterocycles. The smallest absolute Gasteiger partial charge is 0.117 e. The van der Waals surface area contributed by atoms with E-state index in [9.17, 15) is 5.11 Å². The minimum Gasteiger partial charge on any atom is -0.508 e. The molecule has 1 heterocycles. The fourth-order valence-electron chi connectivity index (χ4n) is 2.24. The number of hydrogen-bond donors (Lipinski definition) is 1. The van der Waals surface area contributed by atoms with Gasteiger partial charge in [0.15, 0.2) is 0 Å². The molecule has 0 amide bonds. The molecule has 0 fully saturated rings. The lowest BCUT2D eigenvalue weighted by atomic mass is 9.98. The van der Waals surface area contributed by atoms with Crippen molar-refractivity contribution in [3.8, 4) is 5.75 Å². The lowest BCUT2D eigenvalue weighted by molar-refractivity contribution is 0.474. The maximum absolute atomic E-state index is 9.48. The van der Waals surface area contributed by atoms with Gasteiger partial charge < -0.3 is 5.11 Å². The van der Waals surface area contributed by atoms with Crippen molar-refractivity contribution in [3.05, 3.63) is 41.9 Å². The summed E-state index contributed by atoms with van der Waals surface area (Å²) in [4.78, 5) is 9.77. The highest BCUT2D eigenvalue weighted by atomic mass is 32.2. The molecule has 0 bridgehead atoms. The molecule has 0 unspecified atom stereocenters. The summed E-state index contributed by atoms with van der Waals surface area (Å²) in [5, 5.41) is 10.5. The van der Waals surface area contributed by atoms with E-state index in [1.807, 2.05) is 12.1 Å². The Balaban J connectivity index is 1.93. The number of aryl methyl sites for hydroxylation is 1. The first-order valence-electron chi connectivity index (χ1n) is 6.12. The summed E-state index contributed by atoms with van der Waals surface area (Å²) >= 11 is 1.61. The van der Waals surface area contributed by atoms with Crippen LogP contribution in [0, 0.1) is 0 Å². The average Bonchev–Trinajstić information content (AvgIpc) is 2.39. The standard InChI is InChI=1S/C14H14N2OS/c17-10-4-3-5-11(8-10)18-14-12-6-1-2-7-13(12)15-9-16-14/h3-5,8-9,17H,1-2,6-7H2. The Bertz CT molecular complexity index is 571. The number of fused-ring (bicyclic) bond motifs is 1. The Kier molecular flexibility index (Phi) is 3.19. The molecule has 3 nitrogen and oxygen atoms in total. The molecule has 18 heavy (non-hydrogen) atoms. The molecule has 2 aromatic rings. The van der Waals surface area contributed by atoms with Gasteiger partial charge in [0.1, 0.15) is 17.1 Å². The fraction of sp³-hybridized carbons (Fsp3) is 0.286. The molecule has 1 aliphatic carbocycles. The molecule has 1 aromatic heterocycles.